The van der Waals surface area contributed by atoms with Crippen LogP contribution in [0.2, 0.25) is 0 Å². The van der Waals surface area contributed by atoms with Crippen LogP contribution in [0.25, 0.3) is 11.3 Å². The maximum absolute atomic E-state index is 12.3. The minimum atomic E-state index is -0.159. The molecule has 2 N–H and O–H groups in total. The maximum Gasteiger partial charge on any atom is 0.255 e. The molecule has 6 heteroatoms. The number of carbonyl (C=O) groups is 1. The van der Waals surface area contributed by atoms with Gasteiger partial charge in [0.25, 0.3) is 5.91 Å². The van der Waals surface area contributed by atoms with Crippen LogP contribution in [0.1, 0.15) is 10.4 Å². The Morgan fingerprint density at radius 2 is 1.57 bits per heavy atom. The Labute approximate surface area is 162 Å². The molecule has 0 fully saturated rings. The molecular formula is C22H17N5O. The van der Waals surface area contributed by atoms with E-state index in [1.807, 2.05) is 60.7 Å². The molecule has 2 aromatic carbocycles. The number of rotatable bonds is 5. The number of carbonyl (C=O) groups excluding carboxylic acids is 1. The summed E-state index contributed by atoms with van der Waals surface area (Å²) in [6.45, 7) is 0. The molecule has 2 aromatic heterocycles. The molecule has 136 valence electrons. The Bertz CT molecular complexity index is 1080. The Kier molecular flexibility index (Phi) is 5.02. The van der Waals surface area contributed by atoms with E-state index in [-0.39, 0.29) is 5.91 Å². The van der Waals surface area contributed by atoms with E-state index in [0.29, 0.717) is 17.2 Å². The minimum Gasteiger partial charge on any atom is -0.324 e. The second-order valence-corrected chi connectivity index (χ2v) is 6.03. The van der Waals surface area contributed by atoms with E-state index in [4.69, 9.17) is 0 Å². The normalized spacial score (nSPS) is 10.3. The van der Waals surface area contributed by atoms with Crippen molar-refractivity contribution < 1.29 is 4.79 Å². The van der Waals surface area contributed by atoms with Crippen molar-refractivity contribution in [3.05, 3.63) is 97.0 Å². The number of aromatic nitrogens is 3. The lowest BCUT2D eigenvalue weighted by molar-refractivity contribution is 0.102. The van der Waals surface area contributed by atoms with Gasteiger partial charge in [0.05, 0.1) is 5.69 Å². The quantitative estimate of drug-likeness (QED) is 0.541. The van der Waals surface area contributed by atoms with Gasteiger partial charge in [0.1, 0.15) is 0 Å². The molecule has 0 unspecified atom stereocenters. The average Bonchev–Trinajstić information content (AvgIpc) is 2.75. The van der Waals surface area contributed by atoms with Gasteiger partial charge in [0.2, 0.25) is 5.95 Å². The van der Waals surface area contributed by atoms with Crippen molar-refractivity contribution in [3.63, 3.8) is 0 Å². The monoisotopic (exact) mass is 367 g/mol. The first kappa shape index (κ1) is 17.4. The number of nitrogens with zero attached hydrogens (tertiary/aromatic N) is 3. The predicted octanol–water partition coefficient (Wildman–Crippen LogP) is 4.53. The summed E-state index contributed by atoms with van der Waals surface area (Å²) in [6, 6.07) is 22.1. The van der Waals surface area contributed by atoms with E-state index in [1.165, 1.54) is 0 Å². The average molecular weight is 367 g/mol. The molecule has 2 heterocycles. The number of nitrogens with one attached hydrogen (secondary N) is 2. The lowest BCUT2D eigenvalue weighted by Crippen LogP contribution is -2.11. The highest BCUT2D eigenvalue weighted by Crippen LogP contribution is 2.21. The Morgan fingerprint density at radius 1 is 0.786 bits per heavy atom. The molecule has 1 amide bonds. The molecule has 4 rings (SSSR count). The van der Waals surface area contributed by atoms with Crippen LogP contribution in [0.3, 0.4) is 0 Å². The van der Waals surface area contributed by atoms with E-state index < -0.39 is 0 Å². The number of hydrogen-bond acceptors (Lipinski definition) is 5. The predicted molar refractivity (Wildman–Crippen MR) is 109 cm³/mol. The van der Waals surface area contributed by atoms with Crippen LogP contribution in [0.15, 0.2) is 91.4 Å². The number of pyridine rings is 1. The van der Waals surface area contributed by atoms with Gasteiger partial charge in [0.15, 0.2) is 0 Å². The largest absolute Gasteiger partial charge is 0.324 e. The van der Waals surface area contributed by atoms with Crippen molar-refractivity contribution in [3.8, 4) is 11.3 Å². The van der Waals surface area contributed by atoms with Crippen LogP contribution in [0.5, 0.6) is 0 Å². The lowest BCUT2D eigenvalue weighted by Gasteiger charge is -2.09. The third-order valence-corrected chi connectivity index (χ3v) is 4.04. The van der Waals surface area contributed by atoms with Crippen molar-refractivity contribution in [2.45, 2.75) is 0 Å². The smallest absolute Gasteiger partial charge is 0.255 e. The summed E-state index contributed by atoms with van der Waals surface area (Å²) in [5, 5.41) is 6.07. The van der Waals surface area contributed by atoms with Crippen LogP contribution >= 0.6 is 0 Å². The molecule has 0 radical (unpaired) electrons. The van der Waals surface area contributed by atoms with Crippen LogP contribution in [-0.2, 0) is 0 Å². The third kappa shape index (κ3) is 4.19. The molecule has 28 heavy (non-hydrogen) atoms. The minimum absolute atomic E-state index is 0.159. The summed E-state index contributed by atoms with van der Waals surface area (Å²) >= 11 is 0. The van der Waals surface area contributed by atoms with E-state index >= 15 is 0 Å². The zero-order valence-corrected chi connectivity index (χ0v) is 14.9. The highest BCUT2D eigenvalue weighted by atomic mass is 16.1. The lowest BCUT2D eigenvalue weighted by atomic mass is 10.2. The fourth-order valence-electron chi connectivity index (χ4n) is 2.70. The summed E-state index contributed by atoms with van der Waals surface area (Å²) in [6.07, 6.45) is 5.15. The van der Waals surface area contributed by atoms with Crippen LogP contribution in [0, 0.1) is 0 Å². The fraction of sp³-hybridized carbons (Fsp3) is 0. The second-order valence-electron chi connectivity index (χ2n) is 6.03. The fourth-order valence-corrected chi connectivity index (χ4v) is 2.70. The Hall–Kier alpha value is -4.06. The zero-order valence-electron chi connectivity index (χ0n) is 14.9. The first-order valence-electron chi connectivity index (χ1n) is 8.75. The van der Waals surface area contributed by atoms with Gasteiger partial charge in [-0.25, -0.2) is 9.97 Å². The van der Waals surface area contributed by atoms with Gasteiger partial charge in [-0.05, 0) is 48.5 Å². The van der Waals surface area contributed by atoms with Crippen LogP contribution in [0.4, 0.5) is 17.3 Å². The molecule has 0 bridgehead atoms. The van der Waals surface area contributed by atoms with Gasteiger partial charge in [0, 0.05) is 41.1 Å². The molecular weight excluding hydrogens is 350 g/mol. The number of amides is 1. The molecule has 0 saturated carbocycles. The zero-order chi connectivity index (χ0) is 19.2. The van der Waals surface area contributed by atoms with Crippen LogP contribution < -0.4 is 10.6 Å². The van der Waals surface area contributed by atoms with Crippen molar-refractivity contribution in [2.75, 3.05) is 10.6 Å². The highest BCUT2D eigenvalue weighted by molar-refractivity contribution is 6.04. The van der Waals surface area contributed by atoms with E-state index in [9.17, 15) is 4.79 Å². The van der Waals surface area contributed by atoms with Crippen molar-refractivity contribution in [1.29, 1.82) is 0 Å². The summed E-state index contributed by atoms with van der Waals surface area (Å²) in [4.78, 5) is 25.2. The molecule has 0 aliphatic carbocycles. The third-order valence-electron chi connectivity index (χ3n) is 4.04. The summed E-state index contributed by atoms with van der Waals surface area (Å²) in [5.74, 6) is 0.314. The highest BCUT2D eigenvalue weighted by Gasteiger charge is 2.07. The topological polar surface area (TPSA) is 79.8 Å². The molecule has 0 atom stereocenters. The van der Waals surface area contributed by atoms with E-state index in [0.717, 1.165) is 16.9 Å². The maximum atomic E-state index is 12.3. The number of benzene rings is 2. The molecule has 0 saturated heterocycles. The second kappa shape index (κ2) is 8.09. The number of hydrogen-bond donors (Lipinski definition) is 2. The van der Waals surface area contributed by atoms with Gasteiger partial charge < -0.3 is 10.6 Å². The molecule has 4 aromatic rings. The van der Waals surface area contributed by atoms with Crippen LogP contribution in [-0.4, -0.2) is 20.9 Å². The number of anilines is 3. The van der Waals surface area contributed by atoms with Gasteiger partial charge in [-0.1, -0.05) is 24.3 Å². The van der Waals surface area contributed by atoms with Gasteiger partial charge in [-0.3, -0.25) is 9.78 Å². The van der Waals surface area contributed by atoms with E-state index in [1.54, 1.807) is 30.7 Å². The Balaban J connectivity index is 1.50. The van der Waals surface area contributed by atoms with E-state index in [2.05, 4.69) is 25.6 Å². The summed E-state index contributed by atoms with van der Waals surface area (Å²) in [7, 11) is 0. The van der Waals surface area contributed by atoms with Gasteiger partial charge in [-0.2, -0.15) is 0 Å². The standard InChI is InChI=1S/C22H17N5O/c28-21(17-5-2-1-3-6-17)25-18-7-4-8-19(15-18)26-22-24-14-11-20(27-22)16-9-12-23-13-10-16/h1-15H,(H,25,28)(H,24,26,27). The van der Waals surface area contributed by atoms with Crippen molar-refractivity contribution in [2.24, 2.45) is 0 Å². The van der Waals surface area contributed by atoms with Gasteiger partial charge >= 0.3 is 0 Å². The summed E-state index contributed by atoms with van der Waals surface area (Å²) < 4.78 is 0. The van der Waals surface area contributed by atoms with Crippen molar-refractivity contribution in [1.82, 2.24) is 15.0 Å². The molecule has 6 nitrogen and oxygen atoms in total. The molecule has 0 aliphatic rings. The molecule has 0 spiro atoms. The van der Waals surface area contributed by atoms with Crippen molar-refractivity contribution >= 4 is 23.2 Å². The SMILES string of the molecule is O=C(Nc1cccc(Nc2nccc(-c3ccncc3)n2)c1)c1ccccc1. The Morgan fingerprint density at radius 3 is 2.39 bits per heavy atom. The van der Waals surface area contributed by atoms with Gasteiger partial charge in [-0.15, -0.1) is 0 Å². The first-order valence-corrected chi connectivity index (χ1v) is 8.75. The first-order chi connectivity index (χ1) is 13.8. The molecule has 0 aliphatic heterocycles. The summed E-state index contributed by atoms with van der Waals surface area (Å²) in [5.41, 5.74) is 3.83.